The number of amides is 1. The molecule has 1 saturated heterocycles. The molecular formula is C22H25N3OS. The average Bonchev–Trinajstić information content (AvgIpc) is 3.09. The van der Waals surface area contributed by atoms with Crippen molar-refractivity contribution in [1.82, 2.24) is 5.32 Å². The van der Waals surface area contributed by atoms with E-state index >= 15 is 0 Å². The van der Waals surface area contributed by atoms with E-state index in [9.17, 15) is 4.79 Å². The third kappa shape index (κ3) is 3.83. The third-order valence-corrected chi connectivity index (χ3v) is 5.73. The number of anilines is 2. The van der Waals surface area contributed by atoms with Gasteiger partial charge in [0, 0.05) is 24.3 Å². The second-order valence-electron chi connectivity index (χ2n) is 7.39. The van der Waals surface area contributed by atoms with Gasteiger partial charge in [-0.25, -0.2) is 0 Å². The zero-order valence-electron chi connectivity index (χ0n) is 15.6. The number of rotatable bonds is 3. The van der Waals surface area contributed by atoms with Crippen LogP contribution in [0, 0.1) is 6.92 Å². The minimum Gasteiger partial charge on any atom is -0.356 e. The molecule has 2 aliphatic rings. The normalized spacial score (nSPS) is 18.9. The zero-order chi connectivity index (χ0) is 18.8. The lowest BCUT2D eigenvalue weighted by atomic mass is 9.88. The maximum Gasteiger partial charge on any atom is 0.227 e. The summed E-state index contributed by atoms with van der Waals surface area (Å²) in [7, 11) is 0. The molecule has 1 heterocycles. The van der Waals surface area contributed by atoms with Crippen LogP contribution < -0.4 is 15.5 Å². The molecule has 0 bridgehead atoms. The zero-order valence-corrected chi connectivity index (χ0v) is 16.4. The fourth-order valence-corrected chi connectivity index (χ4v) is 4.37. The quantitative estimate of drug-likeness (QED) is 0.772. The number of nitrogens with one attached hydrogen (secondary N) is 2. The number of nitrogens with zero attached hydrogens (tertiary/aromatic N) is 1. The van der Waals surface area contributed by atoms with Gasteiger partial charge in [-0.15, -0.1) is 0 Å². The first-order valence-corrected chi connectivity index (χ1v) is 10.1. The molecular weight excluding hydrogens is 354 g/mol. The molecule has 0 spiro atoms. The van der Waals surface area contributed by atoms with E-state index in [0.717, 1.165) is 42.7 Å². The third-order valence-electron chi connectivity index (χ3n) is 5.51. The van der Waals surface area contributed by atoms with Crippen LogP contribution in [0.5, 0.6) is 0 Å². The molecule has 1 fully saturated rings. The topological polar surface area (TPSA) is 44.4 Å². The summed E-state index contributed by atoms with van der Waals surface area (Å²) in [6.07, 6.45) is 4.96. The van der Waals surface area contributed by atoms with Crippen LogP contribution in [0.15, 0.2) is 42.5 Å². The predicted octanol–water partition coefficient (Wildman–Crippen LogP) is 4.49. The first-order valence-electron chi connectivity index (χ1n) is 9.68. The van der Waals surface area contributed by atoms with E-state index in [4.69, 9.17) is 12.2 Å². The number of carbonyl (C=O) groups is 1. The maximum absolute atomic E-state index is 12.1. The number of aryl methyl sites for hydroxylation is 2. The molecule has 2 aromatic rings. The first kappa shape index (κ1) is 18.0. The molecule has 1 aliphatic heterocycles. The van der Waals surface area contributed by atoms with Gasteiger partial charge in [-0.2, -0.15) is 0 Å². The van der Waals surface area contributed by atoms with Crippen LogP contribution in [0.1, 0.15) is 48.4 Å². The Balaban J connectivity index is 1.47. The highest BCUT2D eigenvalue weighted by Gasteiger charge is 2.24. The van der Waals surface area contributed by atoms with Crippen molar-refractivity contribution in [1.29, 1.82) is 0 Å². The second kappa shape index (κ2) is 7.69. The Labute approximate surface area is 166 Å². The Morgan fingerprint density at radius 3 is 2.81 bits per heavy atom. The lowest BCUT2D eigenvalue weighted by Gasteiger charge is -2.27. The Kier molecular flexibility index (Phi) is 5.12. The molecule has 1 aliphatic carbocycles. The molecule has 2 N–H and O–H groups in total. The number of carbonyl (C=O) groups excluding carboxylic acids is 1. The maximum atomic E-state index is 12.1. The van der Waals surface area contributed by atoms with E-state index in [2.05, 4.69) is 34.9 Å². The molecule has 0 saturated carbocycles. The van der Waals surface area contributed by atoms with E-state index in [-0.39, 0.29) is 11.9 Å². The summed E-state index contributed by atoms with van der Waals surface area (Å²) in [5, 5.41) is 7.41. The Morgan fingerprint density at radius 2 is 2.00 bits per heavy atom. The van der Waals surface area contributed by atoms with Crippen molar-refractivity contribution < 1.29 is 4.79 Å². The number of benzene rings is 2. The molecule has 0 radical (unpaired) electrons. The van der Waals surface area contributed by atoms with Crippen LogP contribution in [0.2, 0.25) is 0 Å². The largest absolute Gasteiger partial charge is 0.356 e. The van der Waals surface area contributed by atoms with Crippen LogP contribution in [0.25, 0.3) is 0 Å². The lowest BCUT2D eigenvalue weighted by Crippen LogP contribution is -2.34. The molecule has 2 aromatic carbocycles. The van der Waals surface area contributed by atoms with E-state index in [1.54, 1.807) is 0 Å². The lowest BCUT2D eigenvalue weighted by molar-refractivity contribution is -0.117. The van der Waals surface area contributed by atoms with Gasteiger partial charge in [-0.05, 0) is 73.6 Å². The summed E-state index contributed by atoms with van der Waals surface area (Å²) in [4.78, 5) is 14.0. The number of thiocarbonyl (C=S) groups is 1. The summed E-state index contributed by atoms with van der Waals surface area (Å²) in [6, 6.07) is 14.9. The SMILES string of the molecule is Cc1ccc(NC(=S)N[C@@H]2CCCc3ccccc32)cc1N1CCCC1=O. The Bertz CT molecular complexity index is 880. The van der Waals surface area contributed by atoms with Crippen molar-refractivity contribution in [3.05, 3.63) is 59.2 Å². The van der Waals surface area contributed by atoms with E-state index in [0.29, 0.717) is 11.5 Å². The monoisotopic (exact) mass is 379 g/mol. The van der Waals surface area contributed by atoms with Crippen LogP contribution in [-0.4, -0.2) is 17.6 Å². The summed E-state index contributed by atoms with van der Waals surface area (Å²) in [6.45, 7) is 2.84. The average molecular weight is 380 g/mol. The van der Waals surface area contributed by atoms with Gasteiger partial charge >= 0.3 is 0 Å². The highest BCUT2D eigenvalue weighted by atomic mass is 32.1. The molecule has 1 atom stereocenters. The molecule has 5 heteroatoms. The van der Waals surface area contributed by atoms with E-state index in [1.165, 1.54) is 17.5 Å². The van der Waals surface area contributed by atoms with Crippen molar-refractivity contribution in [3.8, 4) is 0 Å². The standard InChI is InChI=1S/C22H25N3OS/c1-15-11-12-17(14-20(15)25-13-5-10-21(25)26)23-22(27)24-19-9-4-7-16-6-2-3-8-18(16)19/h2-3,6,8,11-12,14,19H,4-5,7,9-10,13H2,1H3,(H2,23,24,27)/t19-/m1/s1. The van der Waals surface area contributed by atoms with Gasteiger partial charge in [0.1, 0.15) is 0 Å². The second-order valence-corrected chi connectivity index (χ2v) is 7.80. The Hall–Kier alpha value is -2.40. The van der Waals surface area contributed by atoms with E-state index < -0.39 is 0 Å². The minimum absolute atomic E-state index is 0.203. The summed E-state index contributed by atoms with van der Waals surface area (Å²) < 4.78 is 0. The van der Waals surface area contributed by atoms with Gasteiger partial charge in [0.05, 0.1) is 6.04 Å². The van der Waals surface area contributed by atoms with Gasteiger partial charge < -0.3 is 15.5 Å². The molecule has 4 nitrogen and oxygen atoms in total. The van der Waals surface area contributed by atoms with E-state index in [1.807, 2.05) is 30.0 Å². The van der Waals surface area contributed by atoms with Gasteiger partial charge in [0.25, 0.3) is 0 Å². The molecule has 1 amide bonds. The van der Waals surface area contributed by atoms with Gasteiger partial charge in [0.15, 0.2) is 5.11 Å². The molecule has 27 heavy (non-hydrogen) atoms. The number of hydrogen-bond acceptors (Lipinski definition) is 2. The summed E-state index contributed by atoms with van der Waals surface area (Å²) >= 11 is 5.58. The highest BCUT2D eigenvalue weighted by Crippen LogP contribution is 2.30. The smallest absolute Gasteiger partial charge is 0.227 e. The van der Waals surface area contributed by atoms with Crippen molar-refractivity contribution in [2.24, 2.45) is 0 Å². The Morgan fingerprint density at radius 1 is 1.15 bits per heavy atom. The first-order chi connectivity index (χ1) is 13.1. The van der Waals surface area contributed by atoms with Crippen LogP contribution in [-0.2, 0) is 11.2 Å². The fraction of sp³-hybridized carbons (Fsp3) is 0.364. The summed E-state index contributed by atoms with van der Waals surface area (Å²) in [5.74, 6) is 0.203. The van der Waals surface area contributed by atoms with Crippen molar-refractivity contribution >= 4 is 34.6 Å². The van der Waals surface area contributed by atoms with Crippen LogP contribution in [0.3, 0.4) is 0 Å². The predicted molar refractivity (Wildman–Crippen MR) is 114 cm³/mol. The number of fused-ring (bicyclic) bond motifs is 1. The van der Waals surface area contributed by atoms with Gasteiger partial charge in [0.2, 0.25) is 5.91 Å². The molecule has 4 rings (SSSR count). The van der Waals surface area contributed by atoms with Crippen molar-refractivity contribution in [2.45, 2.75) is 45.1 Å². The molecule has 0 unspecified atom stereocenters. The van der Waals surface area contributed by atoms with Crippen molar-refractivity contribution in [2.75, 3.05) is 16.8 Å². The number of hydrogen-bond donors (Lipinski definition) is 2. The fourth-order valence-electron chi connectivity index (χ4n) is 4.11. The molecule has 140 valence electrons. The van der Waals surface area contributed by atoms with Gasteiger partial charge in [-0.1, -0.05) is 30.3 Å². The highest BCUT2D eigenvalue weighted by molar-refractivity contribution is 7.80. The van der Waals surface area contributed by atoms with Crippen molar-refractivity contribution in [3.63, 3.8) is 0 Å². The van der Waals surface area contributed by atoms with Crippen LogP contribution >= 0.6 is 12.2 Å². The van der Waals surface area contributed by atoms with Gasteiger partial charge in [-0.3, -0.25) is 4.79 Å². The minimum atomic E-state index is 0.203. The summed E-state index contributed by atoms with van der Waals surface area (Å²) in [5.41, 5.74) is 5.76. The molecule has 0 aromatic heterocycles. The van der Waals surface area contributed by atoms with Crippen LogP contribution in [0.4, 0.5) is 11.4 Å².